The monoisotopic (exact) mass is 460 g/mol. The highest BCUT2D eigenvalue weighted by Crippen LogP contribution is 2.41. The number of nitrogens with zero attached hydrogens (tertiary/aromatic N) is 2. The van der Waals surface area contributed by atoms with Gasteiger partial charge in [0.1, 0.15) is 11.6 Å². The lowest BCUT2D eigenvalue weighted by atomic mass is 10.1. The zero-order valence-corrected chi connectivity index (χ0v) is 20.3. The average molecular weight is 461 g/mol. The number of ether oxygens (including phenoxy) is 4. The molecule has 0 bridgehead atoms. The molecule has 0 aliphatic heterocycles. The minimum absolute atomic E-state index is 0.570. The second kappa shape index (κ2) is 11.0. The van der Waals surface area contributed by atoms with E-state index in [1.54, 1.807) is 21.3 Å². The zero-order chi connectivity index (χ0) is 23.9. The first-order chi connectivity index (χ1) is 16.7. The molecule has 178 valence electrons. The van der Waals surface area contributed by atoms with Crippen LogP contribution in [0.15, 0.2) is 60.7 Å². The summed E-state index contributed by atoms with van der Waals surface area (Å²) < 4.78 is 24.8. The minimum atomic E-state index is 0.570. The van der Waals surface area contributed by atoms with Crippen molar-refractivity contribution in [2.24, 2.45) is 0 Å². The summed E-state index contributed by atoms with van der Waals surface area (Å²) in [7, 11) is 4.86. The fourth-order valence-electron chi connectivity index (χ4n) is 4.12. The van der Waals surface area contributed by atoms with Gasteiger partial charge >= 0.3 is 0 Å². The van der Waals surface area contributed by atoms with Gasteiger partial charge in [-0.2, -0.15) is 0 Å². The van der Waals surface area contributed by atoms with Crippen molar-refractivity contribution in [2.45, 2.75) is 32.7 Å². The summed E-state index contributed by atoms with van der Waals surface area (Å²) in [6.45, 7) is 3.66. The van der Waals surface area contributed by atoms with Crippen molar-refractivity contribution >= 4 is 11.0 Å². The molecule has 4 aromatic rings. The van der Waals surface area contributed by atoms with Crippen LogP contribution in [0, 0.1) is 0 Å². The molecule has 0 spiro atoms. The molecule has 0 aliphatic rings. The number of para-hydroxylation sites is 2. The molecule has 4 rings (SSSR count). The van der Waals surface area contributed by atoms with Gasteiger partial charge in [0, 0.05) is 12.1 Å². The Kier molecular flexibility index (Phi) is 7.58. The first-order valence-electron chi connectivity index (χ1n) is 11.7. The Balaban J connectivity index is 1.54. The molecule has 0 aliphatic carbocycles. The molecule has 0 saturated carbocycles. The van der Waals surface area contributed by atoms with Crippen molar-refractivity contribution < 1.29 is 18.9 Å². The van der Waals surface area contributed by atoms with E-state index in [9.17, 15) is 0 Å². The number of aryl methyl sites for hydroxylation is 2. The second-order valence-corrected chi connectivity index (χ2v) is 8.04. The highest BCUT2D eigenvalue weighted by Gasteiger charge is 2.18. The fraction of sp³-hybridized carbons (Fsp3) is 0.321. The molecule has 0 radical (unpaired) electrons. The Morgan fingerprint density at radius 3 is 2.18 bits per heavy atom. The van der Waals surface area contributed by atoms with Gasteiger partial charge in [-0.25, -0.2) is 4.98 Å². The van der Waals surface area contributed by atoms with Gasteiger partial charge in [0.25, 0.3) is 0 Å². The first kappa shape index (κ1) is 23.5. The molecule has 3 aromatic carbocycles. The van der Waals surface area contributed by atoms with Gasteiger partial charge in [-0.05, 0) is 61.2 Å². The molecule has 1 heterocycles. The summed E-state index contributed by atoms with van der Waals surface area (Å²) in [5.41, 5.74) is 4.29. The lowest BCUT2D eigenvalue weighted by Gasteiger charge is -2.15. The Morgan fingerprint density at radius 2 is 1.53 bits per heavy atom. The summed E-state index contributed by atoms with van der Waals surface area (Å²) in [5.74, 6) is 3.58. The first-order valence-corrected chi connectivity index (χ1v) is 11.7. The van der Waals surface area contributed by atoms with Crippen LogP contribution in [0.3, 0.4) is 0 Å². The van der Waals surface area contributed by atoms with E-state index in [1.807, 2.05) is 42.5 Å². The zero-order valence-electron chi connectivity index (χ0n) is 20.3. The van der Waals surface area contributed by atoms with Crippen LogP contribution in [-0.4, -0.2) is 37.5 Å². The molecule has 34 heavy (non-hydrogen) atoms. The van der Waals surface area contributed by atoms with Crippen LogP contribution >= 0.6 is 0 Å². The Hall–Kier alpha value is -3.67. The summed E-state index contributed by atoms with van der Waals surface area (Å²) in [5, 5.41) is 0. The number of fused-ring (bicyclic) bond motifs is 1. The third-order valence-corrected chi connectivity index (χ3v) is 5.95. The largest absolute Gasteiger partial charge is 0.494 e. The lowest BCUT2D eigenvalue weighted by molar-refractivity contribution is 0.303. The number of hydrogen-bond donors (Lipinski definition) is 0. The SMILES string of the molecule is CCc1ccc(OCCCCn2c(-c3cc(OC)c(OC)c(OC)c3)nc3ccccc32)cc1. The third-order valence-electron chi connectivity index (χ3n) is 5.95. The van der Waals surface area contributed by atoms with E-state index < -0.39 is 0 Å². The van der Waals surface area contributed by atoms with Gasteiger partial charge < -0.3 is 23.5 Å². The van der Waals surface area contributed by atoms with Crippen LogP contribution in [0.2, 0.25) is 0 Å². The van der Waals surface area contributed by atoms with Crippen molar-refractivity contribution in [3.05, 3.63) is 66.2 Å². The highest BCUT2D eigenvalue weighted by atomic mass is 16.5. The second-order valence-electron chi connectivity index (χ2n) is 8.04. The van der Waals surface area contributed by atoms with Gasteiger partial charge in [0.2, 0.25) is 5.75 Å². The molecular weight excluding hydrogens is 428 g/mol. The highest BCUT2D eigenvalue weighted by molar-refractivity contribution is 5.81. The summed E-state index contributed by atoms with van der Waals surface area (Å²) in [4.78, 5) is 4.93. The third kappa shape index (κ3) is 4.96. The molecule has 0 amide bonds. The normalized spacial score (nSPS) is 10.9. The van der Waals surface area contributed by atoms with Crippen LogP contribution < -0.4 is 18.9 Å². The molecular formula is C28H32N2O4. The number of aromatic nitrogens is 2. The maximum Gasteiger partial charge on any atom is 0.203 e. The van der Waals surface area contributed by atoms with Gasteiger partial charge in [0.05, 0.1) is 39.0 Å². The Bertz CT molecular complexity index is 1210. The minimum Gasteiger partial charge on any atom is -0.494 e. The summed E-state index contributed by atoms with van der Waals surface area (Å²) >= 11 is 0. The van der Waals surface area contributed by atoms with Crippen molar-refractivity contribution in [2.75, 3.05) is 27.9 Å². The topological polar surface area (TPSA) is 54.7 Å². The van der Waals surface area contributed by atoms with Crippen molar-refractivity contribution in [1.29, 1.82) is 0 Å². The Morgan fingerprint density at radius 1 is 0.824 bits per heavy atom. The molecule has 1 aromatic heterocycles. The van der Waals surface area contributed by atoms with Crippen molar-refractivity contribution in [1.82, 2.24) is 9.55 Å². The van der Waals surface area contributed by atoms with E-state index in [1.165, 1.54) is 5.56 Å². The van der Waals surface area contributed by atoms with Crippen molar-refractivity contribution in [3.8, 4) is 34.4 Å². The molecule has 0 atom stereocenters. The predicted molar refractivity (Wildman–Crippen MR) is 135 cm³/mol. The van der Waals surface area contributed by atoms with E-state index >= 15 is 0 Å². The van der Waals surface area contributed by atoms with Crippen LogP contribution in [0.1, 0.15) is 25.3 Å². The number of benzene rings is 3. The van der Waals surface area contributed by atoms with Gasteiger partial charge in [-0.3, -0.25) is 0 Å². The summed E-state index contributed by atoms with van der Waals surface area (Å²) in [6.07, 6.45) is 2.94. The smallest absolute Gasteiger partial charge is 0.203 e. The molecule has 0 saturated heterocycles. The van der Waals surface area contributed by atoms with E-state index in [-0.39, 0.29) is 0 Å². The molecule has 0 unspecified atom stereocenters. The molecule has 0 N–H and O–H groups in total. The van der Waals surface area contributed by atoms with Gasteiger partial charge in [-0.15, -0.1) is 0 Å². The maximum atomic E-state index is 5.94. The van der Waals surface area contributed by atoms with E-state index in [2.05, 4.69) is 29.7 Å². The maximum absolute atomic E-state index is 5.94. The van der Waals surface area contributed by atoms with Crippen LogP contribution in [0.25, 0.3) is 22.4 Å². The predicted octanol–water partition coefficient (Wildman–Crippen LogP) is 6.15. The summed E-state index contributed by atoms with van der Waals surface area (Å²) in [6, 6.07) is 20.4. The number of methoxy groups -OCH3 is 3. The fourth-order valence-corrected chi connectivity index (χ4v) is 4.12. The van der Waals surface area contributed by atoms with Gasteiger partial charge in [-0.1, -0.05) is 31.2 Å². The number of imidazole rings is 1. The number of unbranched alkanes of at least 4 members (excludes halogenated alkanes) is 1. The van der Waals surface area contributed by atoms with E-state index in [4.69, 9.17) is 23.9 Å². The van der Waals surface area contributed by atoms with E-state index in [0.717, 1.165) is 54.0 Å². The van der Waals surface area contributed by atoms with Crippen LogP contribution in [0.5, 0.6) is 23.0 Å². The van der Waals surface area contributed by atoms with Crippen molar-refractivity contribution in [3.63, 3.8) is 0 Å². The quantitative estimate of drug-likeness (QED) is 0.251. The lowest BCUT2D eigenvalue weighted by Crippen LogP contribution is -2.04. The average Bonchev–Trinajstić information content (AvgIpc) is 3.26. The Labute approximate surface area is 201 Å². The molecule has 0 fully saturated rings. The standard InChI is InChI=1S/C28H32N2O4/c1-5-20-12-14-22(15-13-20)34-17-9-8-16-30-24-11-7-6-10-23(24)29-28(30)21-18-25(31-2)27(33-4)26(19-21)32-3/h6-7,10-15,18-19H,5,8-9,16-17H2,1-4H3. The number of hydrogen-bond acceptors (Lipinski definition) is 5. The molecule has 6 heteroatoms. The van der Waals surface area contributed by atoms with Gasteiger partial charge in [0.15, 0.2) is 11.5 Å². The van der Waals surface area contributed by atoms with E-state index in [0.29, 0.717) is 23.9 Å². The van der Waals surface area contributed by atoms with Crippen LogP contribution in [-0.2, 0) is 13.0 Å². The van der Waals surface area contributed by atoms with Crippen LogP contribution in [0.4, 0.5) is 0 Å². The molecule has 6 nitrogen and oxygen atoms in total. The number of rotatable bonds is 11.